The van der Waals surface area contributed by atoms with E-state index in [9.17, 15) is 14.0 Å². The molecule has 2 aromatic carbocycles. The molecule has 1 unspecified atom stereocenters. The Hall–Kier alpha value is -2.69. The summed E-state index contributed by atoms with van der Waals surface area (Å²) in [6.45, 7) is 0.492. The van der Waals surface area contributed by atoms with E-state index in [1.807, 2.05) is 0 Å². The second kappa shape index (κ2) is 6.83. The molecule has 0 bridgehead atoms. The Morgan fingerprint density at radius 2 is 1.79 bits per heavy atom. The maximum absolute atomic E-state index is 14.1. The lowest BCUT2D eigenvalue weighted by Gasteiger charge is -2.30. The molecule has 0 aliphatic carbocycles. The zero-order chi connectivity index (χ0) is 17.1. The monoisotopic (exact) mass is 326 g/mol. The maximum Gasteiger partial charge on any atom is 0.252 e. The van der Waals surface area contributed by atoms with Gasteiger partial charge in [-0.25, -0.2) is 4.39 Å². The van der Waals surface area contributed by atoms with Crippen LogP contribution in [0.5, 0.6) is 0 Å². The van der Waals surface area contributed by atoms with Crippen LogP contribution in [0.3, 0.4) is 0 Å². The summed E-state index contributed by atoms with van der Waals surface area (Å²) in [5.74, 6) is -0.519. The summed E-state index contributed by atoms with van der Waals surface area (Å²) in [7, 11) is 1.73. The highest BCUT2D eigenvalue weighted by Crippen LogP contribution is 2.26. The summed E-state index contributed by atoms with van der Waals surface area (Å²) >= 11 is 0. The van der Waals surface area contributed by atoms with Gasteiger partial charge in [-0.3, -0.25) is 9.59 Å². The first-order valence-electron chi connectivity index (χ1n) is 7.95. The van der Waals surface area contributed by atoms with Crippen LogP contribution in [0.25, 0.3) is 11.1 Å². The van der Waals surface area contributed by atoms with Crippen LogP contribution in [-0.2, 0) is 4.79 Å². The van der Waals surface area contributed by atoms with Crippen molar-refractivity contribution in [3.05, 3.63) is 59.9 Å². The third kappa shape index (κ3) is 3.30. The van der Waals surface area contributed by atoms with Crippen molar-refractivity contribution in [2.45, 2.75) is 18.9 Å². The van der Waals surface area contributed by atoms with E-state index in [1.165, 1.54) is 6.07 Å². The van der Waals surface area contributed by atoms with Crippen molar-refractivity contribution in [2.24, 2.45) is 0 Å². The molecule has 24 heavy (non-hydrogen) atoms. The molecule has 1 heterocycles. The minimum absolute atomic E-state index is 0.0890. The smallest absolute Gasteiger partial charge is 0.252 e. The third-order valence-corrected chi connectivity index (χ3v) is 4.30. The molecule has 1 saturated heterocycles. The molecule has 0 spiro atoms. The number of benzene rings is 2. The lowest BCUT2D eigenvalue weighted by molar-refractivity contribution is -0.132. The van der Waals surface area contributed by atoms with Gasteiger partial charge in [-0.2, -0.15) is 0 Å². The first-order chi connectivity index (χ1) is 11.6. The van der Waals surface area contributed by atoms with Gasteiger partial charge in [-0.1, -0.05) is 36.4 Å². The Balaban J connectivity index is 1.84. The van der Waals surface area contributed by atoms with Crippen molar-refractivity contribution in [1.29, 1.82) is 0 Å². The van der Waals surface area contributed by atoms with Crippen molar-refractivity contribution in [3.8, 4) is 11.1 Å². The van der Waals surface area contributed by atoms with E-state index in [-0.39, 0.29) is 23.7 Å². The van der Waals surface area contributed by atoms with Crippen LogP contribution < -0.4 is 5.32 Å². The predicted molar refractivity (Wildman–Crippen MR) is 90.0 cm³/mol. The van der Waals surface area contributed by atoms with Gasteiger partial charge in [0.15, 0.2) is 0 Å². The fourth-order valence-electron chi connectivity index (χ4n) is 2.99. The largest absolute Gasteiger partial charge is 0.347 e. The zero-order valence-electron chi connectivity index (χ0n) is 13.5. The average Bonchev–Trinajstić information content (AvgIpc) is 2.59. The zero-order valence-corrected chi connectivity index (χ0v) is 13.5. The van der Waals surface area contributed by atoms with Crippen molar-refractivity contribution in [2.75, 3.05) is 13.6 Å². The van der Waals surface area contributed by atoms with Gasteiger partial charge < -0.3 is 10.2 Å². The molecule has 2 aromatic rings. The number of halogens is 1. The highest BCUT2D eigenvalue weighted by Gasteiger charge is 2.25. The number of nitrogens with one attached hydrogen (secondary N) is 1. The van der Waals surface area contributed by atoms with E-state index in [4.69, 9.17) is 0 Å². The summed E-state index contributed by atoms with van der Waals surface area (Å²) in [5, 5.41) is 2.96. The second-order valence-corrected chi connectivity index (χ2v) is 6.01. The molecule has 3 rings (SSSR count). The van der Waals surface area contributed by atoms with Gasteiger partial charge >= 0.3 is 0 Å². The highest BCUT2D eigenvalue weighted by atomic mass is 19.1. The molecule has 1 atom stereocenters. The van der Waals surface area contributed by atoms with Crippen LogP contribution in [0.1, 0.15) is 23.2 Å². The van der Waals surface area contributed by atoms with Gasteiger partial charge in [-0.05, 0) is 24.1 Å². The predicted octanol–water partition coefficient (Wildman–Crippen LogP) is 2.84. The average molecular weight is 326 g/mol. The molecule has 1 fully saturated rings. The molecular weight excluding hydrogens is 307 g/mol. The lowest BCUT2D eigenvalue weighted by atomic mass is 9.98. The summed E-state index contributed by atoms with van der Waals surface area (Å²) in [4.78, 5) is 25.8. The molecule has 0 saturated carbocycles. The molecule has 2 amide bonds. The molecule has 1 aliphatic heterocycles. The molecule has 0 aromatic heterocycles. The van der Waals surface area contributed by atoms with Crippen LogP contribution in [0.15, 0.2) is 48.5 Å². The number of carbonyl (C=O) groups is 2. The second-order valence-electron chi connectivity index (χ2n) is 6.01. The molecular formula is C19H19FN2O2. The summed E-state index contributed by atoms with van der Waals surface area (Å²) in [6.07, 6.45) is 1.05. The summed E-state index contributed by atoms with van der Waals surface area (Å²) in [5.41, 5.74) is 1.40. The molecule has 1 aliphatic rings. The Morgan fingerprint density at radius 1 is 1.12 bits per heavy atom. The van der Waals surface area contributed by atoms with E-state index in [1.54, 1.807) is 54.4 Å². The van der Waals surface area contributed by atoms with E-state index in [2.05, 4.69) is 5.32 Å². The number of rotatable bonds is 3. The molecule has 4 nitrogen and oxygen atoms in total. The third-order valence-electron chi connectivity index (χ3n) is 4.30. The Morgan fingerprint density at radius 3 is 2.50 bits per heavy atom. The quantitative estimate of drug-likeness (QED) is 0.943. The van der Waals surface area contributed by atoms with Crippen molar-refractivity contribution in [1.82, 2.24) is 10.2 Å². The van der Waals surface area contributed by atoms with Crippen LogP contribution in [0.4, 0.5) is 4.39 Å². The van der Waals surface area contributed by atoms with Gasteiger partial charge in [-0.15, -0.1) is 0 Å². The number of hydrogen-bond donors (Lipinski definition) is 1. The highest BCUT2D eigenvalue weighted by molar-refractivity contribution is 6.01. The van der Waals surface area contributed by atoms with Gasteiger partial charge in [0.05, 0.1) is 0 Å². The number of hydrogen-bond acceptors (Lipinski definition) is 2. The van der Waals surface area contributed by atoms with E-state index in [0.29, 0.717) is 36.1 Å². The number of likely N-dealkylation sites (tertiary alicyclic amines) is 1. The van der Waals surface area contributed by atoms with E-state index >= 15 is 0 Å². The van der Waals surface area contributed by atoms with Crippen molar-refractivity contribution < 1.29 is 14.0 Å². The summed E-state index contributed by atoms with van der Waals surface area (Å²) in [6, 6.07) is 13.3. The molecule has 5 heteroatoms. The molecule has 0 radical (unpaired) electrons. The number of nitrogens with zero attached hydrogens (tertiary/aromatic N) is 1. The van der Waals surface area contributed by atoms with Gasteiger partial charge in [0.1, 0.15) is 5.82 Å². The first-order valence-corrected chi connectivity index (χ1v) is 7.95. The molecule has 1 N–H and O–H groups in total. The minimum Gasteiger partial charge on any atom is -0.347 e. The lowest BCUT2D eigenvalue weighted by Crippen LogP contribution is -2.48. The topological polar surface area (TPSA) is 49.4 Å². The van der Waals surface area contributed by atoms with Gasteiger partial charge in [0.25, 0.3) is 5.91 Å². The van der Waals surface area contributed by atoms with Crippen molar-refractivity contribution >= 4 is 11.8 Å². The first kappa shape index (κ1) is 16.2. The Labute approximate surface area is 140 Å². The van der Waals surface area contributed by atoms with Crippen LogP contribution in [0, 0.1) is 5.82 Å². The SMILES string of the molecule is CN1CC(NC(=O)c2ccccc2-c2ccccc2F)CCC1=O. The van der Waals surface area contributed by atoms with Crippen molar-refractivity contribution in [3.63, 3.8) is 0 Å². The van der Waals surface area contributed by atoms with Crippen LogP contribution in [-0.4, -0.2) is 36.3 Å². The van der Waals surface area contributed by atoms with Gasteiger partial charge in [0, 0.05) is 37.2 Å². The number of piperidine rings is 1. The number of amides is 2. The van der Waals surface area contributed by atoms with Crippen LogP contribution >= 0.6 is 0 Å². The van der Waals surface area contributed by atoms with E-state index < -0.39 is 0 Å². The van der Waals surface area contributed by atoms with Crippen LogP contribution in [0.2, 0.25) is 0 Å². The Kier molecular flexibility index (Phi) is 4.60. The normalized spacial score (nSPS) is 17.7. The standard InChI is InChI=1S/C19H19FN2O2/c1-22-12-13(10-11-18(22)23)21-19(24)16-8-3-2-6-14(16)15-7-4-5-9-17(15)20/h2-9,13H,10-12H2,1H3,(H,21,24). The number of carbonyl (C=O) groups excluding carboxylic acids is 2. The maximum atomic E-state index is 14.1. The van der Waals surface area contributed by atoms with E-state index in [0.717, 1.165) is 0 Å². The summed E-state index contributed by atoms with van der Waals surface area (Å²) < 4.78 is 14.1. The fraction of sp³-hybridized carbons (Fsp3) is 0.263. The number of likely N-dealkylation sites (N-methyl/N-ethyl adjacent to an activating group) is 1. The van der Waals surface area contributed by atoms with Gasteiger partial charge in [0.2, 0.25) is 5.91 Å². The Bertz CT molecular complexity index is 775. The minimum atomic E-state index is -0.360. The molecule has 124 valence electrons. The fourth-order valence-corrected chi connectivity index (χ4v) is 2.99.